The van der Waals surface area contributed by atoms with Gasteiger partial charge < -0.3 is 0 Å². The molecule has 0 saturated carbocycles. The van der Waals surface area contributed by atoms with Crippen LogP contribution in [0.15, 0.2) is 53.4 Å². The predicted molar refractivity (Wildman–Crippen MR) is 77.3 cm³/mol. The van der Waals surface area contributed by atoms with Gasteiger partial charge in [0.2, 0.25) is 0 Å². The predicted octanol–water partition coefficient (Wildman–Crippen LogP) is 4.38. The number of hydrogen-bond donors (Lipinski definition) is 0. The van der Waals surface area contributed by atoms with Crippen LogP contribution >= 0.6 is 23.4 Å². The highest BCUT2D eigenvalue weighted by atomic mass is 35.5. The molecule has 0 atom stereocenters. The van der Waals surface area contributed by atoms with Crippen molar-refractivity contribution in [1.82, 2.24) is 0 Å². The number of Topliss-reactive ketones (excluding diaryl/α,β-unsaturated/α-hetero) is 1. The SMILES string of the molecule is O=C(CSc1ccccc1)Cc1cc(Cl)ccc1F. The second-order valence-corrected chi connectivity index (χ2v) is 5.54. The van der Waals surface area contributed by atoms with Crippen molar-refractivity contribution in [3.05, 3.63) is 64.9 Å². The largest absolute Gasteiger partial charge is 0.298 e. The molecule has 1 nitrogen and oxygen atoms in total. The van der Waals surface area contributed by atoms with Crippen molar-refractivity contribution in [3.8, 4) is 0 Å². The fourth-order valence-corrected chi connectivity index (χ4v) is 2.60. The van der Waals surface area contributed by atoms with Gasteiger partial charge in [0.1, 0.15) is 11.6 Å². The van der Waals surface area contributed by atoms with Gasteiger partial charge in [-0.15, -0.1) is 11.8 Å². The van der Waals surface area contributed by atoms with Gasteiger partial charge in [-0.05, 0) is 35.9 Å². The average Bonchev–Trinajstić information content (AvgIpc) is 2.42. The van der Waals surface area contributed by atoms with Gasteiger partial charge in [0.05, 0.1) is 5.75 Å². The van der Waals surface area contributed by atoms with Crippen LogP contribution in [0.3, 0.4) is 0 Å². The van der Waals surface area contributed by atoms with Crippen molar-refractivity contribution in [2.45, 2.75) is 11.3 Å². The zero-order chi connectivity index (χ0) is 13.7. The maximum absolute atomic E-state index is 13.5. The van der Waals surface area contributed by atoms with Crippen molar-refractivity contribution in [2.75, 3.05) is 5.75 Å². The van der Waals surface area contributed by atoms with E-state index in [1.807, 2.05) is 30.3 Å². The lowest BCUT2D eigenvalue weighted by Crippen LogP contribution is -2.07. The molecule has 0 N–H and O–H groups in total. The van der Waals surface area contributed by atoms with Crippen LogP contribution < -0.4 is 0 Å². The third-order valence-electron chi connectivity index (χ3n) is 2.54. The summed E-state index contributed by atoms with van der Waals surface area (Å²) in [6.07, 6.45) is 0.0756. The molecule has 0 aromatic heterocycles. The van der Waals surface area contributed by atoms with Crippen LogP contribution in [0.2, 0.25) is 5.02 Å². The van der Waals surface area contributed by atoms with Crippen molar-refractivity contribution in [1.29, 1.82) is 0 Å². The van der Waals surface area contributed by atoms with E-state index < -0.39 is 0 Å². The van der Waals surface area contributed by atoms with Crippen molar-refractivity contribution < 1.29 is 9.18 Å². The fraction of sp³-hybridized carbons (Fsp3) is 0.133. The van der Waals surface area contributed by atoms with Gasteiger partial charge in [-0.1, -0.05) is 29.8 Å². The Morgan fingerprint density at radius 3 is 2.63 bits per heavy atom. The molecule has 2 rings (SSSR count). The molecule has 98 valence electrons. The molecule has 0 saturated heterocycles. The first kappa shape index (κ1) is 14.1. The minimum atomic E-state index is -0.387. The van der Waals surface area contributed by atoms with Crippen LogP contribution in [0.5, 0.6) is 0 Å². The van der Waals surface area contributed by atoms with E-state index in [1.54, 1.807) is 0 Å². The molecule has 4 heteroatoms. The van der Waals surface area contributed by atoms with E-state index in [0.717, 1.165) is 4.90 Å². The van der Waals surface area contributed by atoms with Gasteiger partial charge in [-0.3, -0.25) is 4.79 Å². The number of hydrogen-bond acceptors (Lipinski definition) is 2. The van der Waals surface area contributed by atoms with E-state index in [2.05, 4.69) is 0 Å². The molecular formula is C15H12ClFOS. The van der Waals surface area contributed by atoms with E-state index in [9.17, 15) is 9.18 Å². The van der Waals surface area contributed by atoms with E-state index in [1.165, 1.54) is 30.0 Å². The number of halogens is 2. The molecule has 0 amide bonds. The van der Waals surface area contributed by atoms with Crippen molar-refractivity contribution >= 4 is 29.1 Å². The summed E-state index contributed by atoms with van der Waals surface area (Å²) in [5.74, 6) is -0.0758. The molecule has 0 heterocycles. The number of rotatable bonds is 5. The first-order valence-corrected chi connectivity index (χ1v) is 7.15. The molecule has 0 aliphatic rings. The van der Waals surface area contributed by atoms with Crippen molar-refractivity contribution in [2.24, 2.45) is 0 Å². The third-order valence-corrected chi connectivity index (χ3v) is 3.85. The summed E-state index contributed by atoms with van der Waals surface area (Å²) in [6.45, 7) is 0. The Hall–Kier alpha value is -1.32. The summed E-state index contributed by atoms with van der Waals surface area (Å²) < 4.78 is 13.5. The Kier molecular flexibility index (Phi) is 5.00. The van der Waals surface area contributed by atoms with Gasteiger partial charge in [0.25, 0.3) is 0 Å². The Bertz CT molecular complexity index is 572. The summed E-state index contributed by atoms with van der Waals surface area (Å²) >= 11 is 7.24. The molecule has 0 fully saturated rings. The molecule has 0 aliphatic heterocycles. The second kappa shape index (κ2) is 6.73. The van der Waals surface area contributed by atoms with Crippen LogP contribution in [0.1, 0.15) is 5.56 Å². The molecule has 0 aliphatic carbocycles. The Balaban J connectivity index is 1.93. The van der Waals surface area contributed by atoms with Crippen LogP contribution in [0, 0.1) is 5.82 Å². The lowest BCUT2D eigenvalue weighted by molar-refractivity contribution is -0.116. The second-order valence-electron chi connectivity index (χ2n) is 4.05. The van der Waals surface area contributed by atoms with Gasteiger partial charge >= 0.3 is 0 Å². The minimum Gasteiger partial charge on any atom is -0.298 e. The first-order chi connectivity index (χ1) is 9.15. The molecule has 0 bridgehead atoms. The summed E-state index contributed by atoms with van der Waals surface area (Å²) in [6, 6.07) is 13.9. The van der Waals surface area contributed by atoms with Crippen LogP contribution in [-0.2, 0) is 11.2 Å². The number of benzene rings is 2. The van der Waals surface area contributed by atoms with Crippen LogP contribution in [0.4, 0.5) is 4.39 Å². The summed E-state index contributed by atoms with van der Waals surface area (Å²) in [5, 5.41) is 0.444. The summed E-state index contributed by atoms with van der Waals surface area (Å²) in [7, 11) is 0. The maximum atomic E-state index is 13.5. The standard InChI is InChI=1S/C15H12ClFOS/c16-12-6-7-15(17)11(8-12)9-13(18)10-19-14-4-2-1-3-5-14/h1-8H,9-10H2. The molecule has 2 aromatic rings. The van der Waals surface area contributed by atoms with E-state index >= 15 is 0 Å². The van der Waals surface area contributed by atoms with E-state index in [0.29, 0.717) is 16.3 Å². The fourth-order valence-electron chi connectivity index (χ4n) is 1.62. The van der Waals surface area contributed by atoms with Crippen LogP contribution in [-0.4, -0.2) is 11.5 Å². The zero-order valence-electron chi connectivity index (χ0n) is 10.1. The maximum Gasteiger partial charge on any atom is 0.147 e. The molecule has 0 radical (unpaired) electrons. The minimum absolute atomic E-state index is 0.0185. The van der Waals surface area contributed by atoms with E-state index in [4.69, 9.17) is 11.6 Å². The number of thioether (sulfide) groups is 1. The highest BCUT2D eigenvalue weighted by Gasteiger charge is 2.09. The summed E-state index contributed by atoms with van der Waals surface area (Å²) in [4.78, 5) is 12.8. The first-order valence-electron chi connectivity index (χ1n) is 5.78. The van der Waals surface area contributed by atoms with Crippen molar-refractivity contribution in [3.63, 3.8) is 0 Å². The van der Waals surface area contributed by atoms with Gasteiger partial charge in [-0.25, -0.2) is 4.39 Å². The highest BCUT2D eigenvalue weighted by Crippen LogP contribution is 2.19. The summed E-state index contributed by atoms with van der Waals surface area (Å²) in [5.41, 5.74) is 0.353. The smallest absolute Gasteiger partial charge is 0.147 e. The lowest BCUT2D eigenvalue weighted by Gasteiger charge is -2.04. The zero-order valence-corrected chi connectivity index (χ0v) is 11.7. The average molecular weight is 295 g/mol. The molecular weight excluding hydrogens is 283 g/mol. The Labute approximate surface area is 120 Å². The van der Waals surface area contributed by atoms with Gasteiger partial charge in [-0.2, -0.15) is 0 Å². The number of carbonyl (C=O) groups excluding carboxylic acids is 1. The molecule has 0 unspecified atom stereocenters. The Morgan fingerprint density at radius 2 is 1.89 bits per heavy atom. The van der Waals surface area contributed by atoms with E-state index in [-0.39, 0.29) is 18.0 Å². The molecule has 0 spiro atoms. The van der Waals surface area contributed by atoms with Gasteiger partial charge in [0, 0.05) is 16.3 Å². The topological polar surface area (TPSA) is 17.1 Å². The quantitative estimate of drug-likeness (QED) is 0.761. The van der Waals surface area contributed by atoms with Crippen LogP contribution in [0.25, 0.3) is 0 Å². The molecule has 2 aromatic carbocycles. The monoisotopic (exact) mass is 294 g/mol. The molecule has 19 heavy (non-hydrogen) atoms. The number of ketones is 1. The third kappa shape index (κ3) is 4.37. The Morgan fingerprint density at radius 1 is 1.16 bits per heavy atom. The highest BCUT2D eigenvalue weighted by molar-refractivity contribution is 8.00. The lowest BCUT2D eigenvalue weighted by atomic mass is 10.1. The normalized spacial score (nSPS) is 10.4. The van der Waals surface area contributed by atoms with Gasteiger partial charge in [0.15, 0.2) is 0 Å². The number of carbonyl (C=O) groups is 1.